The lowest BCUT2D eigenvalue weighted by molar-refractivity contribution is 0.0958. The Balaban J connectivity index is 1.86. The fourth-order valence-corrected chi connectivity index (χ4v) is 2.58. The van der Waals surface area contributed by atoms with Crippen LogP contribution in [0, 0.1) is 22.7 Å². The molecule has 1 amide bonds. The molecule has 0 bridgehead atoms. The monoisotopic (exact) mass is 392 g/mol. The standard InChI is InChI=1S/C18H13ClN8O/c19-15-10-23-18(25-14-9-24-27(11-14)7-5-21)26-16(15)12-2-1-3-13(8-12)17(28)22-6-4-20/h1-3,8-11H,6-7H2,(H,22,28)(H,23,25,26). The maximum absolute atomic E-state index is 12.1. The third kappa shape index (κ3) is 4.41. The zero-order valence-corrected chi connectivity index (χ0v) is 15.2. The number of hydrogen-bond acceptors (Lipinski definition) is 7. The molecule has 2 heterocycles. The van der Waals surface area contributed by atoms with Crippen LogP contribution in [-0.4, -0.2) is 32.2 Å². The number of carbonyl (C=O) groups is 1. The molecule has 138 valence electrons. The van der Waals surface area contributed by atoms with Crippen molar-refractivity contribution in [3.05, 3.63) is 53.4 Å². The van der Waals surface area contributed by atoms with Crippen molar-refractivity contribution in [2.75, 3.05) is 11.9 Å². The quantitative estimate of drug-likeness (QED) is 0.615. The molecule has 0 aliphatic heterocycles. The molecule has 0 fully saturated rings. The fourth-order valence-electron chi connectivity index (χ4n) is 2.38. The Morgan fingerprint density at radius 2 is 2.11 bits per heavy atom. The van der Waals surface area contributed by atoms with Crippen LogP contribution in [0.2, 0.25) is 5.02 Å². The number of halogens is 1. The minimum Gasteiger partial charge on any atom is -0.339 e. The van der Waals surface area contributed by atoms with Crippen molar-refractivity contribution in [1.29, 1.82) is 10.5 Å². The van der Waals surface area contributed by atoms with Gasteiger partial charge < -0.3 is 10.6 Å². The molecule has 0 saturated carbocycles. The van der Waals surface area contributed by atoms with Crippen LogP contribution >= 0.6 is 11.6 Å². The zero-order chi connectivity index (χ0) is 19.9. The fraction of sp³-hybridized carbons (Fsp3) is 0.111. The minimum absolute atomic E-state index is 0.0785. The molecule has 2 aromatic heterocycles. The smallest absolute Gasteiger partial charge is 0.252 e. The van der Waals surface area contributed by atoms with Crippen molar-refractivity contribution < 1.29 is 4.79 Å². The molecule has 0 unspecified atom stereocenters. The summed E-state index contributed by atoms with van der Waals surface area (Å²) in [5.74, 6) is -0.0768. The second-order valence-electron chi connectivity index (χ2n) is 5.52. The van der Waals surface area contributed by atoms with E-state index in [1.54, 1.807) is 36.7 Å². The summed E-state index contributed by atoms with van der Waals surface area (Å²) in [6.07, 6.45) is 4.66. The van der Waals surface area contributed by atoms with E-state index in [0.717, 1.165) is 0 Å². The summed E-state index contributed by atoms with van der Waals surface area (Å²) in [7, 11) is 0. The van der Waals surface area contributed by atoms with Crippen LogP contribution in [0.4, 0.5) is 11.6 Å². The molecule has 10 heteroatoms. The van der Waals surface area contributed by atoms with Crippen molar-refractivity contribution in [3.8, 4) is 23.4 Å². The number of amides is 1. The Morgan fingerprint density at radius 3 is 2.89 bits per heavy atom. The van der Waals surface area contributed by atoms with Crippen LogP contribution in [-0.2, 0) is 6.54 Å². The van der Waals surface area contributed by atoms with Gasteiger partial charge in [-0.1, -0.05) is 23.7 Å². The van der Waals surface area contributed by atoms with Crippen molar-refractivity contribution in [1.82, 2.24) is 25.1 Å². The summed E-state index contributed by atoms with van der Waals surface area (Å²) in [6, 6.07) is 10.6. The molecule has 0 radical (unpaired) electrons. The first-order valence-electron chi connectivity index (χ1n) is 8.05. The largest absolute Gasteiger partial charge is 0.339 e. The summed E-state index contributed by atoms with van der Waals surface area (Å²) in [4.78, 5) is 20.6. The second-order valence-corrected chi connectivity index (χ2v) is 5.93. The van der Waals surface area contributed by atoms with E-state index in [2.05, 4.69) is 25.7 Å². The third-order valence-corrected chi connectivity index (χ3v) is 3.87. The highest BCUT2D eigenvalue weighted by Crippen LogP contribution is 2.27. The summed E-state index contributed by atoms with van der Waals surface area (Å²) in [5, 5.41) is 27.1. The molecular formula is C18H13ClN8O. The molecule has 1 aromatic carbocycles. The van der Waals surface area contributed by atoms with Crippen LogP contribution in [0.15, 0.2) is 42.9 Å². The van der Waals surface area contributed by atoms with Crippen molar-refractivity contribution in [2.45, 2.75) is 6.54 Å². The number of hydrogen-bond donors (Lipinski definition) is 2. The SMILES string of the molecule is N#CCNC(=O)c1cccc(-c2nc(Nc3cnn(CC#N)c3)ncc2Cl)c1. The molecule has 28 heavy (non-hydrogen) atoms. The number of nitriles is 2. The lowest BCUT2D eigenvalue weighted by atomic mass is 10.1. The minimum atomic E-state index is -0.364. The van der Waals surface area contributed by atoms with Gasteiger partial charge in [0.1, 0.15) is 13.1 Å². The van der Waals surface area contributed by atoms with Gasteiger partial charge in [-0.2, -0.15) is 15.6 Å². The maximum atomic E-state index is 12.1. The first-order chi connectivity index (χ1) is 13.6. The molecule has 0 atom stereocenters. The first-order valence-corrected chi connectivity index (χ1v) is 8.43. The number of nitrogens with zero attached hydrogens (tertiary/aromatic N) is 6. The van der Waals surface area contributed by atoms with Crippen LogP contribution in [0.3, 0.4) is 0 Å². The van der Waals surface area contributed by atoms with Crippen LogP contribution in [0.25, 0.3) is 11.3 Å². The summed E-state index contributed by atoms with van der Waals surface area (Å²) in [6.45, 7) is 0.0555. The third-order valence-electron chi connectivity index (χ3n) is 3.59. The van der Waals surface area contributed by atoms with E-state index in [1.807, 2.05) is 12.1 Å². The highest BCUT2D eigenvalue weighted by atomic mass is 35.5. The topological polar surface area (TPSA) is 132 Å². The summed E-state index contributed by atoms with van der Waals surface area (Å²) >= 11 is 6.25. The van der Waals surface area contributed by atoms with E-state index in [0.29, 0.717) is 27.5 Å². The molecule has 3 rings (SSSR count). The van der Waals surface area contributed by atoms with Crippen molar-refractivity contribution in [2.24, 2.45) is 0 Å². The average molecular weight is 393 g/mol. The van der Waals surface area contributed by atoms with Gasteiger partial charge in [0.2, 0.25) is 5.95 Å². The number of carbonyl (C=O) groups excluding carboxylic acids is 1. The van der Waals surface area contributed by atoms with Gasteiger partial charge in [-0.3, -0.25) is 9.48 Å². The Labute approximate surface area is 165 Å². The van der Waals surface area contributed by atoms with Crippen molar-refractivity contribution >= 4 is 29.1 Å². The molecule has 0 aliphatic carbocycles. The van der Waals surface area contributed by atoms with E-state index in [1.165, 1.54) is 10.9 Å². The molecule has 2 N–H and O–H groups in total. The van der Waals surface area contributed by atoms with Gasteiger partial charge >= 0.3 is 0 Å². The lowest BCUT2D eigenvalue weighted by Gasteiger charge is -2.08. The van der Waals surface area contributed by atoms with Crippen LogP contribution < -0.4 is 10.6 Å². The maximum Gasteiger partial charge on any atom is 0.252 e. The van der Waals surface area contributed by atoms with E-state index in [-0.39, 0.29) is 24.9 Å². The molecule has 0 saturated heterocycles. The van der Waals surface area contributed by atoms with Gasteiger partial charge in [0.05, 0.1) is 40.9 Å². The second kappa shape index (κ2) is 8.62. The Hall–Kier alpha value is -3.95. The van der Waals surface area contributed by atoms with E-state index < -0.39 is 0 Å². The van der Waals surface area contributed by atoms with E-state index in [4.69, 9.17) is 22.1 Å². The zero-order valence-electron chi connectivity index (χ0n) is 14.4. The average Bonchev–Trinajstić information content (AvgIpc) is 3.15. The van der Waals surface area contributed by atoms with Gasteiger partial charge in [-0.05, 0) is 12.1 Å². The predicted molar refractivity (Wildman–Crippen MR) is 102 cm³/mol. The number of aromatic nitrogens is 4. The van der Waals surface area contributed by atoms with Gasteiger partial charge in [0, 0.05) is 17.3 Å². The van der Waals surface area contributed by atoms with E-state index >= 15 is 0 Å². The molecule has 0 spiro atoms. The number of benzene rings is 1. The van der Waals surface area contributed by atoms with Gasteiger partial charge in [-0.25, -0.2) is 9.97 Å². The molecule has 9 nitrogen and oxygen atoms in total. The summed E-state index contributed by atoms with van der Waals surface area (Å²) < 4.78 is 1.47. The van der Waals surface area contributed by atoms with Gasteiger partial charge in [-0.15, -0.1) is 0 Å². The summed E-state index contributed by atoms with van der Waals surface area (Å²) in [5.41, 5.74) is 2.07. The molecule has 0 aliphatic rings. The number of nitrogens with one attached hydrogen (secondary N) is 2. The van der Waals surface area contributed by atoms with Crippen LogP contribution in [0.1, 0.15) is 10.4 Å². The van der Waals surface area contributed by atoms with E-state index in [9.17, 15) is 4.79 Å². The van der Waals surface area contributed by atoms with Crippen LogP contribution in [0.5, 0.6) is 0 Å². The number of anilines is 2. The molecule has 3 aromatic rings. The Kier molecular flexibility index (Phi) is 5.80. The lowest BCUT2D eigenvalue weighted by Crippen LogP contribution is -2.23. The normalized spacial score (nSPS) is 9.96. The van der Waals surface area contributed by atoms with Gasteiger partial charge in [0.25, 0.3) is 5.91 Å². The highest BCUT2D eigenvalue weighted by Gasteiger charge is 2.12. The Bertz CT molecular complexity index is 1100. The van der Waals surface area contributed by atoms with Gasteiger partial charge in [0.15, 0.2) is 0 Å². The Morgan fingerprint density at radius 1 is 1.25 bits per heavy atom. The first kappa shape index (κ1) is 18.8. The van der Waals surface area contributed by atoms with Crippen molar-refractivity contribution in [3.63, 3.8) is 0 Å². The molecular weight excluding hydrogens is 380 g/mol. The highest BCUT2D eigenvalue weighted by molar-refractivity contribution is 6.32. The number of rotatable bonds is 6. The predicted octanol–water partition coefficient (Wildman–Crippen LogP) is 2.51.